The molecule has 2 aromatic rings. The smallest absolute Gasteiger partial charge is 0.169 e. The van der Waals surface area contributed by atoms with Crippen molar-refractivity contribution in [3.63, 3.8) is 0 Å². The Balaban J connectivity index is 0.000000251. The number of carbonyl (C=O) groups excluding carboxylic acids is 1. The van der Waals surface area contributed by atoms with Gasteiger partial charge in [0.25, 0.3) is 0 Å². The summed E-state index contributed by atoms with van der Waals surface area (Å²) in [5.74, 6) is -0.127. The number of benzene rings is 1. The number of rotatable bonds is 4. The van der Waals surface area contributed by atoms with E-state index in [1.807, 2.05) is 36.0 Å². The Labute approximate surface area is 147 Å². The molecule has 0 saturated carbocycles. The van der Waals surface area contributed by atoms with E-state index < -0.39 is 10.1 Å². The van der Waals surface area contributed by atoms with Crippen LogP contribution in [-0.4, -0.2) is 23.9 Å². The number of aryl methyl sites for hydroxylation is 1. The van der Waals surface area contributed by atoms with Gasteiger partial charge in [-0.3, -0.25) is 4.79 Å². The van der Waals surface area contributed by atoms with E-state index in [-0.39, 0.29) is 16.4 Å². The third kappa shape index (κ3) is 6.86. The Kier molecular flexibility index (Phi) is 7.02. The summed E-state index contributed by atoms with van der Waals surface area (Å²) in [5, 5.41) is 8.90. The Morgan fingerprint density at radius 1 is 1.20 bits per heavy atom. The standard InChI is InChI=1S/C11H14NO.C7H8O4S/c1-9(2)8-12-6-4-11(5-7-12)10(3)13;1-5-2-3-6(8)4-7(5)12(9,10)11/h4-7H,1,8H2,2-3H3;2-4,8H,1H3,(H,9,10,11)/q+1;/p-1. The van der Waals surface area contributed by atoms with Crippen molar-refractivity contribution in [1.82, 2.24) is 0 Å². The van der Waals surface area contributed by atoms with Gasteiger partial charge in [-0.05, 0) is 44.0 Å². The van der Waals surface area contributed by atoms with E-state index in [4.69, 9.17) is 5.11 Å². The lowest BCUT2D eigenvalue weighted by Crippen LogP contribution is -2.33. The molecule has 7 heteroatoms. The Morgan fingerprint density at radius 3 is 2.16 bits per heavy atom. The van der Waals surface area contributed by atoms with Crippen LogP contribution in [0.5, 0.6) is 5.75 Å². The first-order chi connectivity index (χ1) is 11.5. The molecule has 0 bridgehead atoms. The van der Waals surface area contributed by atoms with Gasteiger partial charge in [-0.25, -0.2) is 13.0 Å². The Morgan fingerprint density at radius 2 is 1.76 bits per heavy atom. The summed E-state index contributed by atoms with van der Waals surface area (Å²) in [6.07, 6.45) is 3.79. The van der Waals surface area contributed by atoms with Crippen LogP contribution in [0, 0.1) is 6.92 Å². The normalized spacial score (nSPS) is 10.6. The highest BCUT2D eigenvalue weighted by molar-refractivity contribution is 7.85. The predicted octanol–water partition coefficient (Wildman–Crippen LogP) is 2.36. The fourth-order valence-electron chi connectivity index (χ4n) is 1.97. The molecule has 1 aromatic carbocycles. The number of aromatic nitrogens is 1. The van der Waals surface area contributed by atoms with Crippen LogP contribution in [0.2, 0.25) is 0 Å². The molecular weight excluding hydrogens is 342 g/mol. The molecule has 1 N–H and O–H groups in total. The monoisotopic (exact) mass is 363 g/mol. The molecule has 0 aliphatic heterocycles. The van der Waals surface area contributed by atoms with Gasteiger partial charge in [0.1, 0.15) is 15.9 Å². The molecule has 1 aromatic heterocycles. The molecule has 0 amide bonds. The number of ketones is 1. The maximum atomic E-state index is 11.0. The highest BCUT2D eigenvalue weighted by atomic mass is 32.2. The van der Waals surface area contributed by atoms with Crippen molar-refractivity contribution in [2.45, 2.75) is 32.2 Å². The van der Waals surface area contributed by atoms with Crippen LogP contribution in [0.3, 0.4) is 0 Å². The average molecular weight is 363 g/mol. The number of aromatic hydroxyl groups is 1. The summed E-state index contributed by atoms with van der Waals surface area (Å²) < 4.78 is 33.6. The Bertz CT molecular complexity index is 871. The number of allylic oxidation sites excluding steroid dienone is 1. The zero-order chi connectivity index (χ0) is 19.2. The zero-order valence-corrected chi connectivity index (χ0v) is 15.2. The minimum absolute atomic E-state index is 0.0995. The van der Waals surface area contributed by atoms with Crippen molar-refractivity contribution in [1.29, 1.82) is 0 Å². The number of nitrogens with zero attached hydrogens (tertiary/aromatic N) is 1. The van der Waals surface area contributed by atoms with Crippen LogP contribution in [0.1, 0.15) is 29.8 Å². The van der Waals surface area contributed by atoms with Gasteiger partial charge in [-0.15, -0.1) is 0 Å². The minimum Gasteiger partial charge on any atom is -0.744 e. The molecule has 0 aliphatic rings. The first-order valence-corrected chi connectivity index (χ1v) is 8.81. The summed E-state index contributed by atoms with van der Waals surface area (Å²) in [6, 6.07) is 7.29. The summed E-state index contributed by atoms with van der Waals surface area (Å²) in [4.78, 5) is 10.6. The van der Waals surface area contributed by atoms with Gasteiger partial charge in [-0.1, -0.05) is 12.6 Å². The summed E-state index contributed by atoms with van der Waals surface area (Å²) in [6.45, 7) is 9.66. The van der Waals surface area contributed by atoms with Crippen LogP contribution >= 0.6 is 0 Å². The molecule has 25 heavy (non-hydrogen) atoms. The number of phenolic OH excluding ortho intramolecular Hbond substituents is 1. The molecule has 134 valence electrons. The van der Waals surface area contributed by atoms with E-state index in [1.54, 1.807) is 6.92 Å². The molecule has 0 spiro atoms. The number of Topliss-reactive ketones (excluding diaryl/α,β-unsaturated/α-hetero) is 1. The summed E-state index contributed by atoms with van der Waals surface area (Å²) in [7, 11) is -4.47. The topological polar surface area (TPSA) is 98.4 Å². The Hall–Kier alpha value is -2.51. The van der Waals surface area contributed by atoms with Gasteiger partial charge in [0, 0.05) is 17.7 Å². The quantitative estimate of drug-likeness (QED) is 0.389. The second-order valence-corrected chi connectivity index (χ2v) is 7.02. The van der Waals surface area contributed by atoms with E-state index in [0.717, 1.165) is 23.7 Å². The first-order valence-electron chi connectivity index (χ1n) is 7.40. The number of hydrogen-bond acceptors (Lipinski definition) is 5. The third-order valence-corrected chi connectivity index (χ3v) is 4.17. The largest absolute Gasteiger partial charge is 0.744 e. The fraction of sp³-hybridized carbons (Fsp3) is 0.222. The lowest BCUT2D eigenvalue weighted by Gasteiger charge is -2.09. The number of carbonyl (C=O) groups is 1. The number of phenols is 1. The molecule has 0 radical (unpaired) electrons. The molecule has 0 fully saturated rings. The van der Waals surface area contributed by atoms with Crippen molar-refractivity contribution < 1.29 is 27.4 Å². The highest BCUT2D eigenvalue weighted by Gasteiger charge is 2.05. The van der Waals surface area contributed by atoms with Crippen molar-refractivity contribution in [2.75, 3.05) is 0 Å². The van der Waals surface area contributed by atoms with Crippen molar-refractivity contribution in [3.8, 4) is 5.75 Å². The summed E-state index contributed by atoms with van der Waals surface area (Å²) >= 11 is 0. The van der Waals surface area contributed by atoms with E-state index in [0.29, 0.717) is 5.56 Å². The number of hydrogen-bond donors (Lipinski definition) is 1. The molecule has 1 heterocycles. The lowest BCUT2D eigenvalue weighted by molar-refractivity contribution is -0.689. The van der Waals surface area contributed by atoms with Crippen molar-refractivity contribution in [2.24, 2.45) is 0 Å². The van der Waals surface area contributed by atoms with Gasteiger partial charge in [0.05, 0.1) is 4.90 Å². The van der Waals surface area contributed by atoms with E-state index in [2.05, 4.69) is 6.58 Å². The van der Waals surface area contributed by atoms with Gasteiger partial charge in [-0.2, -0.15) is 0 Å². The third-order valence-electron chi connectivity index (χ3n) is 3.19. The van der Waals surface area contributed by atoms with Crippen LogP contribution < -0.4 is 4.57 Å². The lowest BCUT2D eigenvalue weighted by atomic mass is 10.2. The number of pyridine rings is 1. The van der Waals surface area contributed by atoms with Gasteiger partial charge < -0.3 is 9.66 Å². The van der Waals surface area contributed by atoms with Crippen molar-refractivity contribution >= 4 is 15.9 Å². The first kappa shape index (κ1) is 20.5. The molecule has 0 atom stereocenters. The van der Waals surface area contributed by atoms with E-state index in [9.17, 15) is 17.8 Å². The van der Waals surface area contributed by atoms with E-state index in [1.165, 1.54) is 19.1 Å². The summed E-state index contributed by atoms with van der Waals surface area (Å²) in [5.41, 5.74) is 2.18. The van der Waals surface area contributed by atoms with Crippen LogP contribution in [0.4, 0.5) is 0 Å². The second-order valence-electron chi connectivity index (χ2n) is 5.68. The van der Waals surface area contributed by atoms with Crippen LogP contribution in [0.25, 0.3) is 0 Å². The van der Waals surface area contributed by atoms with E-state index >= 15 is 0 Å². The van der Waals surface area contributed by atoms with Crippen LogP contribution in [-0.2, 0) is 16.7 Å². The van der Waals surface area contributed by atoms with Crippen molar-refractivity contribution in [3.05, 3.63) is 66.0 Å². The average Bonchev–Trinajstić information content (AvgIpc) is 2.49. The SMILES string of the molecule is C=C(C)C[n+]1ccc(C(C)=O)cc1.Cc1ccc(O)cc1S(=O)(=O)[O-]. The molecule has 0 saturated heterocycles. The van der Waals surface area contributed by atoms with Gasteiger partial charge in [0.2, 0.25) is 0 Å². The molecule has 2 rings (SSSR count). The second kappa shape index (κ2) is 8.55. The van der Waals surface area contributed by atoms with Crippen LogP contribution in [0.15, 0.2) is 59.8 Å². The van der Waals surface area contributed by atoms with Gasteiger partial charge in [0.15, 0.2) is 24.7 Å². The maximum Gasteiger partial charge on any atom is 0.169 e. The predicted molar refractivity (Wildman–Crippen MR) is 92.3 cm³/mol. The molecule has 6 nitrogen and oxygen atoms in total. The molecule has 0 unspecified atom stereocenters. The zero-order valence-electron chi connectivity index (χ0n) is 14.4. The maximum absolute atomic E-state index is 11.0. The molecular formula is C18H21NO5S. The minimum atomic E-state index is -4.47. The fourth-order valence-corrected chi connectivity index (χ4v) is 2.69. The van der Waals surface area contributed by atoms with Gasteiger partial charge >= 0.3 is 0 Å². The highest BCUT2D eigenvalue weighted by Crippen LogP contribution is 2.19. The molecule has 0 aliphatic carbocycles.